The van der Waals surface area contributed by atoms with Crippen molar-refractivity contribution in [2.75, 3.05) is 18.2 Å². The Morgan fingerprint density at radius 1 is 1.21 bits per heavy atom. The molecule has 0 spiro atoms. The number of carbonyl (C=O) groups is 1. The van der Waals surface area contributed by atoms with Crippen LogP contribution in [0.25, 0.3) is 11.3 Å². The zero-order valence-corrected chi connectivity index (χ0v) is 19.2. The number of carbonyl (C=O) groups excluding carboxylic acids is 1. The molecule has 33 heavy (non-hydrogen) atoms. The molecule has 0 aromatic carbocycles. The number of pyridine rings is 1. The maximum Gasteiger partial charge on any atom is 0.271 e. The Bertz CT molecular complexity index is 1280. The van der Waals surface area contributed by atoms with Crippen LogP contribution in [-0.2, 0) is 11.6 Å². The number of hydrogen-bond donors (Lipinski definition) is 3. The first-order valence-electron chi connectivity index (χ1n) is 10.7. The normalized spacial score (nSPS) is 15.9. The van der Waals surface area contributed by atoms with Crippen molar-refractivity contribution in [1.29, 1.82) is 0 Å². The number of anilines is 3. The van der Waals surface area contributed by atoms with Gasteiger partial charge in [0.15, 0.2) is 17.3 Å². The predicted molar refractivity (Wildman–Crippen MR) is 125 cm³/mol. The number of nitrogens with one attached hydrogen (secondary N) is 1. The quantitative estimate of drug-likeness (QED) is 0.419. The molecular formula is C21H25N8O3P. The van der Waals surface area contributed by atoms with Gasteiger partial charge in [0, 0.05) is 36.2 Å². The second-order valence-corrected chi connectivity index (χ2v) is 11.8. The predicted octanol–water partition coefficient (Wildman–Crippen LogP) is 2.02. The van der Waals surface area contributed by atoms with E-state index in [4.69, 9.17) is 16.2 Å². The molecule has 2 aliphatic carbocycles. The van der Waals surface area contributed by atoms with Gasteiger partial charge in [-0.25, -0.2) is 4.98 Å². The maximum absolute atomic E-state index is 14.0. The lowest BCUT2D eigenvalue weighted by Crippen LogP contribution is -2.20. The van der Waals surface area contributed by atoms with Gasteiger partial charge in [-0.15, -0.1) is 10.2 Å². The van der Waals surface area contributed by atoms with Crippen molar-refractivity contribution in [3.05, 3.63) is 30.1 Å². The Labute approximate surface area is 190 Å². The fourth-order valence-electron chi connectivity index (χ4n) is 4.26. The van der Waals surface area contributed by atoms with E-state index in [-0.39, 0.29) is 28.5 Å². The van der Waals surface area contributed by atoms with E-state index in [0.29, 0.717) is 22.8 Å². The van der Waals surface area contributed by atoms with Crippen LogP contribution < -0.4 is 27.0 Å². The summed E-state index contributed by atoms with van der Waals surface area (Å²) < 4.78 is 21.4. The van der Waals surface area contributed by atoms with Crippen LogP contribution in [0.2, 0.25) is 0 Å². The van der Waals surface area contributed by atoms with Crippen molar-refractivity contribution in [3.63, 3.8) is 0 Å². The molecule has 3 heterocycles. The molecule has 172 valence electrons. The van der Waals surface area contributed by atoms with Gasteiger partial charge in [-0.3, -0.25) is 9.48 Å². The van der Waals surface area contributed by atoms with Crippen LogP contribution in [-0.4, -0.2) is 49.3 Å². The Hall–Kier alpha value is -3.46. The fourth-order valence-corrected chi connectivity index (χ4v) is 8.26. The van der Waals surface area contributed by atoms with Crippen molar-refractivity contribution >= 4 is 35.8 Å². The molecule has 2 aliphatic rings. The number of hydrogen-bond acceptors (Lipinski definition) is 9. The summed E-state index contributed by atoms with van der Waals surface area (Å²) in [5.74, 6) is 0.0820. The molecule has 0 unspecified atom stereocenters. The molecule has 0 bridgehead atoms. The number of nitrogens with two attached hydrogens (primary N) is 2. The van der Waals surface area contributed by atoms with Crippen LogP contribution in [0.4, 0.5) is 17.3 Å². The van der Waals surface area contributed by atoms with Gasteiger partial charge < -0.3 is 26.1 Å². The molecule has 0 aliphatic heterocycles. The van der Waals surface area contributed by atoms with Crippen LogP contribution in [0.1, 0.15) is 36.2 Å². The van der Waals surface area contributed by atoms with E-state index in [9.17, 15) is 9.36 Å². The van der Waals surface area contributed by atoms with Gasteiger partial charge in [-0.1, -0.05) is 0 Å². The maximum atomic E-state index is 14.0. The summed E-state index contributed by atoms with van der Waals surface area (Å²) in [6, 6.07) is 5.14. The monoisotopic (exact) mass is 468 g/mol. The molecule has 11 nitrogen and oxygen atoms in total. The minimum Gasteiger partial charge on any atom is -0.492 e. The molecule has 0 atom stereocenters. The lowest BCUT2D eigenvalue weighted by Gasteiger charge is -2.17. The highest BCUT2D eigenvalue weighted by Gasteiger charge is 2.53. The summed E-state index contributed by atoms with van der Waals surface area (Å²) >= 11 is 0. The number of methoxy groups -OCH3 is 1. The van der Waals surface area contributed by atoms with Gasteiger partial charge in [0.2, 0.25) is 0 Å². The van der Waals surface area contributed by atoms with E-state index in [1.807, 2.05) is 13.1 Å². The van der Waals surface area contributed by atoms with Crippen LogP contribution in [0.15, 0.2) is 24.4 Å². The highest BCUT2D eigenvalue weighted by Crippen LogP contribution is 2.69. The number of aryl methyl sites for hydroxylation is 1. The average Bonchev–Trinajstić information content (AvgIpc) is 3.69. The summed E-state index contributed by atoms with van der Waals surface area (Å²) in [7, 11) is 0.862. The number of primary amides is 1. The van der Waals surface area contributed by atoms with Crippen LogP contribution >= 0.6 is 7.14 Å². The summed E-state index contributed by atoms with van der Waals surface area (Å²) in [5.41, 5.74) is 14.0. The Morgan fingerprint density at radius 3 is 2.52 bits per heavy atom. The second-order valence-electron chi connectivity index (χ2n) is 8.44. The van der Waals surface area contributed by atoms with Gasteiger partial charge in [0.1, 0.15) is 13.0 Å². The Morgan fingerprint density at radius 2 is 1.91 bits per heavy atom. The SMILES string of the molecule is COc1c(-c2cc(P(=O)(C3CC3)C3CC3)n(C)n2)ccnc1Nc1cc(N)nnc1C(N)=O. The molecule has 5 rings (SSSR count). The summed E-state index contributed by atoms with van der Waals surface area (Å²) in [6.07, 6.45) is 5.68. The van der Waals surface area contributed by atoms with E-state index in [1.165, 1.54) is 13.2 Å². The highest BCUT2D eigenvalue weighted by atomic mass is 31.2. The van der Waals surface area contributed by atoms with E-state index < -0.39 is 13.0 Å². The largest absolute Gasteiger partial charge is 0.492 e. The second kappa shape index (κ2) is 7.84. The first-order chi connectivity index (χ1) is 15.8. The minimum absolute atomic E-state index is 0.0756. The Kier molecular flexibility index (Phi) is 5.08. The summed E-state index contributed by atoms with van der Waals surface area (Å²) in [4.78, 5) is 16.1. The van der Waals surface area contributed by atoms with Gasteiger partial charge >= 0.3 is 0 Å². The molecule has 3 aromatic rings. The average molecular weight is 468 g/mol. The van der Waals surface area contributed by atoms with Gasteiger partial charge in [0.25, 0.3) is 5.91 Å². The van der Waals surface area contributed by atoms with Crippen molar-refractivity contribution in [2.24, 2.45) is 12.8 Å². The first kappa shape index (κ1) is 21.4. The number of amides is 1. The highest BCUT2D eigenvalue weighted by molar-refractivity contribution is 7.73. The lowest BCUT2D eigenvalue weighted by molar-refractivity contribution is 0.0995. The third-order valence-corrected chi connectivity index (χ3v) is 10.4. The van der Waals surface area contributed by atoms with E-state index >= 15 is 0 Å². The zero-order chi connectivity index (χ0) is 23.3. The molecule has 0 radical (unpaired) electrons. The fraction of sp³-hybridized carbons (Fsp3) is 0.381. The number of nitrogen functional groups attached to an aromatic ring is 1. The number of rotatable bonds is 8. The molecule has 3 aromatic heterocycles. The van der Waals surface area contributed by atoms with E-state index in [2.05, 4.69) is 25.6 Å². The van der Waals surface area contributed by atoms with Crippen LogP contribution in [0.5, 0.6) is 5.75 Å². The molecular weight excluding hydrogens is 443 g/mol. The number of nitrogens with zero attached hydrogens (tertiary/aromatic N) is 5. The van der Waals surface area contributed by atoms with E-state index in [0.717, 1.165) is 31.1 Å². The van der Waals surface area contributed by atoms with Crippen molar-refractivity contribution in [2.45, 2.75) is 37.0 Å². The van der Waals surface area contributed by atoms with Gasteiger partial charge in [-0.05, 0) is 37.8 Å². The van der Waals surface area contributed by atoms with Crippen molar-refractivity contribution in [1.82, 2.24) is 25.0 Å². The number of ether oxygens (including phenoxy) is 1. The molecule has 12 heteroatoms. The van der Waals surface area contributed by atoms with Crippen LogP contribution in [0, 0.1) is 0 Å². The first-order valence-corrected chi connectivity index (χ1v) is 12.5. The van der Waals surface area contributed by atoms with Crippen LogP contribution in [0.3, 0.4) is 0 Å². The molecule has 5 N–H and O–H groups in total. The third-order valence-electron chi connectivity index (χ3n) is 6.08. The molecule has 1 amide bonds. The van der Waals surface area contributed by atoms with Gasteiger partial charge in [-0.2, -0.15) is 5.10 Å². The van der Waals surface area contributed by atoms with Gasteiger partial charge in [0.05, 0.1) is 23.9 Å². The molecule has 0 saturated heterocycles. The zero-order valence-electron chi connectivity index (χ0n) is 18.4. The summed E-state index contributed by atoms with van der Waals surface area (Å²) in [6.45, 7) is 0. The standard InChI is InChI=1S/C21H25N8O3P/c1-29-17(33(31,11-3-4-11)12-5-6-12)10-14(28-29)13-7-8-24-21(19(13)32-2)25-15-9-16(22)26-27-18(15)20(23)30/h7-12H,3-6H2,1-2H3,(H2,23,30)(H3,22,24,25,26). The molecule has 2 saturated carbocycles. The topological polar surface area (TPSA) is 164 Å². The van der Waals surface area contributed by atoms with E-state index in [1.54, 1.807) is 16.9 Å². The smallest absolute Gasteiger partial charge is 0.271 e. The molecule has 2 fully saturated rings. The third kappa shape index (κ3) is 3.72. The summed E-state index contributed by atoms with van der Waals surface area (Å²) in [5, 5.41) is 15.1. The Balaban J connectivity index is 1.56. The minimum atomic E-state index is -2.50. The van der Waals surface area contributed by atoms with Crippen molar-refractivity contribution < 1.29 is 14.1 Å². The lowest BCUT2D eigenvalue weighted by atomic mass is 10.1. The number of aromatic nitrogens is 5. The van der Waals surface area contributed by atoms with Crippen molar-refractivity contribution in [3.8, 4) is 17.0 Å².